The molecule has 114 valence electrons. The van der Waals surface area contributed by atoms with Crippen molar-refractivity contribution in [1.82, 2.24) is 14.9 Å². The van der Waals surface area contributed by atoms with E-state index in [1.807, 2.05) is 0 Å². The van der Waals surface area contributed by atoms with Gasteiger partial charge in [0.2, 0.25) is 0 Å². The first-order chi connectivity index (χ1) is 9.25. The van der Waals surface area contributed by atoms with Crippen molar-refractivity contribution in [2.75, 3.05) is 13.7 Å². The van der Waals surface area contributed by atoms with Gasteiger partial charge in [0.25, 0.3) is 0 Å². The van der Waals surface area contributed by atoms with Gasteiger partial charge in [0.1, 0.15) is 0 Å². The van der Waals surface area contributed by atoms with E-state index in [9.17, 15) is 4.79 Å². The quantitative estimate of drug-likeness (QED) is 0.843. The van der Waals surface area contributed by atoms with Crippen LogP contribution >= 0.6 is 0 Å². The zero-order valence-corrected chi connectivity index (χ0v) is 13.5. The van der Waals surface area contributed by atoms with E-state index in [1.54, 1.807) is 6.20 Å². The fraction of sp³-hybridized carbons (Fsp3) is 0.733. The van der Waals surface area contributed by atoms with Crippen LogP contribution in [0.25, 0.3) is 0 Å². The van der Waals surface area contributed by atoms with Gasteiger partial charge < -0.3 is 10.1 Å². The first-order valence-electron chi connectivity index (χ1n) is 7.17. The van der Waals surface area contributed by atoms with Gasteiger partial charge in [-0.15, -0.1) is 0 Å². The summed E-state index contributed by atoms with van der Waals surface area (Å²) in [6.45, 7) is 11.2. The number of carbonyl (C=O) groups excluding carboxylic acids is 1. The van der Waals surface area contributed by atoms with Crippen molar-refractivity contribution < 1.29 is 9.53 Å². The molecule has 1 aromatic rings. The summed E-state index contributed by atoms with van der Waals surface area (Å²) >= 11 is 0. The summed E-state index contributed by atoms with van der Waals surface area (Å²) in [5.41, 5.74) is 0.725. The second kappa shape index (κ2) is 6.77. The number of nitrogens with zero attached hydrogens (tertiary/aromatic N) is 2. The molecule has 0 radical (unpaired) electrons. The molecule has 20 heavy (non-hydrogen) atoms. The third kappa shape index (κ3) is 4.54. The molecule has 1 N–H and O–H groups in total. The lowest BCUT2D eigenvalue weighted by Crippen LogP contribution is -2.29. The van der Waals surface area contributed by atoms with E-state index < -0.39 is 0 Å². The molecular formula is C15H27N3O2. The number of rotatable bonds is 5. The van der Waals surface area contributed by atoms with Gasteiger partial charge in [-0.25, -0.2) is 9.36 Å². The van der Waals surface area contributed by atoms with E-state index in [0.29, 0.717) is 18.5 Å². The Bertz CT molecular complexity index is 444. The van der Waals surface area contributed by atoms with Crippen molar-refractivity contribution in [2.24, 2.45) is 5.92 Å². The summed E-state index contributed by atoms with van der Waals surface area (Å²) in [4.78, 5) is 16.5. The maximum Gasteiger partial charge on any atom is 0.329 e. The fourth-order valence-corrected chi connectivity index (χ4v) is 1.80. The highest BCUT2D eigenvalue weighted by atomic mass is 16.5. The molecule has 1 rings (SSSR count). The molecule has 0 fully saturated rings. The Balaban J connectivity index is 2.70. The molecule has 0 aromatic carbocycles. The van der Waals surface area contributed by atoms with Crippen LogP contribution in [-0.2, 0) is 5.41 Å². The summed E-state index contributed by atoms with van der Waals surface area (Å²) in [5, 5.41) is 2.90. The number of amides is 1. The average Bonchev–Trinajstić information content (AvgIpc) is 2.78. The molecule has 0 spiro atoms. The average molecular weight is 281 g/mol. The third-order valence-electron chi connectivity index (χ3n) is 3.08. The Morgan fingerprint density at radius 1 is 1.45 bits per heavy atom. The maximum absolute atomic E-state index is 12.1. The molecule has 5 heteroatoms. The fourth-order valence-electron chi connectivity index (χ4n) is 1.80. The van der Waals surface area contributed by atoms with Crippen molar-refractivity contribution >= 4 is 6.03 Å². The highest BCUT2D eigenvalue weighted by molar-refractivity contribution is 5.78. The largest absolute Gasteiger partial charge is 0.468 e. The van der Waals surface area contributed by atoms with Gasteiger partial charge >= 0.3 is 12.0 Å². The molecule has 1 aromatic heterocycles. The predicted octanol–water partition coefficient (Wildman–Crippen LogP) is 3.18. The molecule has 0 atom stereocenters. The lowest BCUT2D eigenvalue weighted by molar-refractivity contribution is 0.237. The van der Waals surface area contributed by atoms with Crippen LogP contribution in [0.3, 0.4) is 0 Å². The van der Waals surface area contributed by atoms with Gasteiger partial charge in [0, 0.05) is 18.2 Å². The zero-order chi connectivity index (χ0) is 15.3. The van der Waals surface area contributed by atoms with Crippen LogP contribution in [-0.4, -0.2) is 29.2 Å². The SMILES string of the molecule is COc1nc(C(C)(C)C)cn1C(=O)NCCCC(C)C. The van der Waals surface area contributed by atoms with E-state index in [4.69, 9.17) is 4.74 Å². The Morgan fingerprint density at radius 3 is 2.60 bits per heavy atom. The van der Waals surface area contributed by atoms with Crippen LogP contribution in [0.15, 0.2) is 6.20 Å². The van der Waals surface area contributed by atoms with Crippen LogP contribution in [0.1, 0.15) is 53.2 Å². The van der Waals surface area contributed by atoms with E-state index >= 15 is 0 Å². The minimum absolute atomic E-state index is 0.115. The number of hydrogen-bond donors (Lipinski definition) is 1. The standard InChI is InChI=1S/C15H27N3O2/c1-11(2)8-7-9-16-13(19)18-10-12(15(3,4)5)17-14(18)20-6/h10-11H,7-9H2,1-6H3,(H,16,19). The number of ether oxygens (including phenoxy) is 1. The lowest BCUT2D eigenvalue weighted by Gasteiger charge is -2.13. The van der Waals surface area contributed by atoms with Crippen LogP contribution in [0.2, 0.25) is 0 Å². The molecule has 0 unspecified atom stereocenters. The highest BCUT2D eigenvalue weighted by Gasteiger charge is 2.22. The Labute approximate surface area is 121 Å². The molecule has 0 aliphatic heterocycles. The molecule has 0 bridgehead atoms. The van der Waals surface area contributed by atoms with Gasteiger partial charge in [0.15, 0.2) is 0 Å². The Morgan fingerprint density at radius 2 is 2.10 bits per heavy atom. The van der Waals surface area contributed by atoms with Crippen LogP contribution in [0.5, 0.6) is 6.01 Å². The number of imidazole rings is 1. The summed E-state index contributed by atoms with van der Waals surface area (Å²) in [7, 11) is 1.53. The number of nitrogens with one attached hydrogen (secondary N) is 1. The molecule has 0 saturated carbocycles. The monoisotopic (exact) mass is 281 g/mol. The molecule has 1 amide bonds. The van der Waals surface area contributed by atoms with E-state index in [1.165, 1.54) is 11.7 Å². The molecule has 1 heterocycles. The number of aromatic nitrogens is 2. The van der Waals surface area contributed by atoms with Gasteiger partial charge in [-0.1, -0.05) is 34.6 Å². The molecule has 0 aliphatic rings. The van der Waals surface area contributed by atoms with E-state index in [2.05, 4.69) is 44.9 Å². The number of carbonyl (C=O) groups is 1. The van der Waals surface area contributed by atoms with E-state index in [0.717, 1.165) is 18.5 Å². The molecule has 0 saturated heterocycles. The first-order valence-corrected chi connectivity index (χ1v) is 7.17. The van der Waals surface area contributed by atoms with Gasteiger partial charge in [-0.2, -0.15) is 4.98 Å². The number of hydrogen-bond acceptors (Lipinski definition) is 3. The minimum atomic E-state index is -0.186. The summed E-state index contributed by atoms with van der Waals surface area (Å²) in [5.74, 6) is 0.655. The predicted molar refractivity (Wildman–Crippen MR) is 80.3 cm³/mol. The maximum atomic E-state index is 12.1. The Hall–Kier alpha value is -1.52. The van der Waals surface area contributed by atoms with Crippen LogP contribution in [0, 0.1) is 5.92 Å². The third-order valence-corrected chi connectivity index (χ3v) is 3.08. The topological polar surface area (TPSA) is 56.2 Å². The zero-order valence-electron chi connectivity index (χ0n) is 13.5. The normalized spacial score (nSPS) is 11.8. The van der Waals surface area contributed by atoms with Crippen molar-refractivity contribution in [1.29, 1.82) is 0 Å². The second-order valence-corrected chi connectivity index (χ2v) is 6.50. The minimum Gasteiger partial charge on any atom is -0.468 e. The van der Waals surface area contributed by atoms with Crippen LogP contribution < -0.4 is 10.1 Å². The van der Waals surface area contributed by atoms with E-state index in [-0.39, 0.29) is 11.4 Å². The first kappa shape index (κ1) is 16.5. The summed E-state index contributed by atoms with van der Waals surface area (Å²) < 4.78 is 6.62. The van der Waals surface area contributed by atoms with Crippen molar-refractivity contribution in [2.45, 2.75) is 52.9 Å². The summed E-state index contributed by atoms with van der Waals surface area (Å²) in [6, 6.07) is 0.143. The van der Waals surface area contributed by atoms with Crippen LogP contribution in [0.4, 0.5) is 4.79 Å². The van der Waals surface area contributed by atoms with Gasteiger partial charge in [0.05, 0.1) is 12.8 Å². The molecule has 5 nitrogen and oxygen atoms in total. The van der Waals surface area contributed by atoms with Crippen molar-refractivity contribution in [3.63, 3.8) is 0 Å². The van der Waals surface area contributed by atoms with Gasteiger partial charge in [-0.05, 0) is 18.8 Å². The number of methoxy groups -OCH3 is 1. The molecular weight excluding hydrogens is 254 g/mol. The van der Waals surface area contributed by atoms with Crippen molar-refractivity contribution in [3.05, 3.63) is 11.9 Å². The second-order valence-electron chi connectivity index (χ2n) is 6.50. The lowest BCUT2D eigenvalue weighted by atomic mass is 9.93. The smallest absolute Gasteiger partial charge is 0.329 e. The Kier molecular flexibility index (Phi) is 5.60. The van der Waals surface area contributed by atoms with Gasteiger partial charge in [-0.3, -0.25) is 0 Å². The molecule has 0 aliphatic carbocycles. The summed E-state index contributed by atoms with van der Waals surface area (Å²) in [6.07, 6.45) is 3.83. The highest BCUT2D eigenvalue weighted by Crippen LogP contribution is 2.23. The van der Waals surface area contributed by atoms with Crippen molar-refractivity contribution in [3.8, 4) is 6.01 Å².